The zero-order chi connectivity index (χ0) is 11.3. The van der Waals surface area contributed by atoms with Gasteiger partial charge in [0.1, 0.15) is 0 Å². The van der Waals surface area contributed by atoms with Gasteiger partial charge in [0, 0.05) is 0 Å². The third kappa shape index (κ3) is 1.42. The van der Waals surface area contributed by atoms with Gasteiger partial charge in [0.25, 0.3) is 0 Å². The van der Waals surface area contributed by atoms with Crippen molar-refractivity contribution in [2.75, 3.05) is 6.35 Å². The summed E-state index contributed by atoms with van der Waals surface area (Å²) in [7, 11) is -2.75. The van der Waals surface area contributed by atoms with Gasteiger partial charge in [-0.2, -0.15) is 0 Å². The van der Waals surface area contributed by atoms with Crippen LogP contribution in [0.4, 0.5) is 0 Å². The first-order valence-electron chi connectivity index (χ1n) is 4.95. The summed E-state index contributed by atoms with van der Waals surface area (Å²) in [6.45, 7) is 5.94. The summed E-state index contributed by atoms with van der Waals surface area (Å²) < 4.78 is 5.44. The molecule has 83 valence electrons. The van der Waals surface area contributed by atoms with E-state index in [2.05, 4.69) is 6.07 Å². The van der Waals surface area contributed by atoms with Gasteiger partial charge < -0.3 is 0 Å². The van der Waals surface area contributed by atoms with Crippen LogP contribution in [0.1, 0.15) is 20.8 Å². The van der Waals surface area contributed by atoms with Crippen LogP contribution in [0, 0.1) is 6.07 Å². The third-order valence-electron chi connectivity index (χ3n) is 3.03. The van der Waals surface area contributed by atoms with Crippen LogP contribution in [-0.2, 0) is 0 Å². The van der Waals surface area contributed by atoms with Crippen molar-refractivity contribution in [1.29, 1.82) is 0 Å². The molecule has 0 saturated carbocycles. The number of hydrogen-bond acceptors (Lipinski definition) is 3. The number of rotatable bonds is 0. The molecule has 1 aromatic rings. The van der Waals surface area contributed by atoms with Crippen LogP contribution in [0.25, 0.3) is 0 Å². The second-order valence-electron chi connectivity index (χ2n) is 4.98. The molecule has 0 aromatic heterocycles. The Kier molecular flexibility index (Phi) is 2.21. The molecule has 2 rings (SSSR count). The first-order valence-corrected chi connectivity index (χ1v) is 7.10. The fourth-order valence-electron chi connectivity index (χ4n) is 1.84. The Labute approximate surface area is 90.1 Å². The van der Waals surface area contributed by atoms with E-state index < -0.39 is 7.49 Å². The van der Waals surface area contributed by atoms with E-state index in [1.165, 1.54) is 6.07 Å². The van der Waals surface area contributed by atoms with Crippen molar-refractivity contribution in [1.82, 2.24) is 0 Å². The molecule has 0 atom stereocenters. The van der Waals surface area contributed by atoms with Crippen molar-refractivity contribution in [3.63, 3.8) is 0 Å². The van der Waals surface area contributed by atoms with Crippen LogP contribution in [-0.4, -0.2) is 21.5 Å². The quantitative estimate of drug-likeness (QED) is 0.662. The molecule has 0 aliphatic carbocycles. The molecule has 4 heteroatoms. The second kappa shape index (κ2) is 3.10. The molecule has 1 aromatic carbocycles. The molecular formula is C11H16O3P. The van der Waals surface area contributed by atoms with Crippen molar-refractivity contribution in [3.05, 3.63) is 18.2 Å². The Balaban J connectivity index is 2.62. The molecule has 3 nitrogen and oxygen atoms in total. The van der Waals surface area contributed by atoms with E-state index in [0.717, 1.165) is 0 Å². The predicted octanol–water partition coefficient (Wildman–Crippen LogP) is 1.62. The standard InChI is InChI=1S/C11H16O3P/c1-11(2,3)15(13)7-14-9-6-4-5-8(12)10(9)15/h5-6,12-13,15H,7H2,1-3H3. The van der Waals surface area contributed by atoms with Crippen molar-refractivity contribution < 1.29 is 14.7 Å². The molecule has 0 spiro atoms. The molecule has 0 unspecified atom stereocenters. The number of hydrogen-bond donors (Lipinski definition) is 2. The van der Waals surface area contributed by atoms with Crippen LogP contribution < -0.4 is 10.0 Å². The van der Waals surface area contributed by atoms with E-state index in [1.54, 1.807) is 6.07 Å². The maximum atomic E-state index is 10.7. The van der Waals surface area contributed by atoms with Gasteiger partial charge in [-0.1, -0.05) is 0 Å². The number of ether oxygens (including phenoxy) is 1. The Morgan fingerprint density at radius 1 is 1.40 bits per heavy atom. The van der Waals surface area contributed by atoms with Gasteiger partial charge in [-0.15, -0.1) is 0 Å². The van der Waals surface area contributed by atoms with Gasteiger partial charge in [0.15, 0.2) is 0 Å². The molecule has 2 N–H and O–H groups in total. The molecule has 1 heterocycles. The fraction of sp³-hybridized carbons (Fsp3) is 0.455. The number of phenolic OH excluding ortho intramolecular Hbond substituents is 1. The first kappa shape index (κ1) is 10.7. The van der Waals surface area contributed by atoms with E-state index in [4.69, 9.17) is 4.74 Å². The van der Waals surface area contributed by atoms with Gasteiger partial charge in [-0.05, 0) is 0 Å². The molecule has 0 fully saturated rings. The Bertz CT molecular complexity index is 397. The summed E-state index contributed by atoms with van der Waals surface area (Å²) in [5.74, 6) is 0.688. The van der Waals surface area contributed by atoms with E-state index >= 15 is 0 Å². The Morgan fingerprint density at radius 2 is 2.07 bits per heavy atom. The number of fused-ring (bicyclic) bond motifs is 1. The Morgan fingerprint density at radius 3 is 2.67 bits per heavy atom. The summed E-state index contributed by atoms with van der Waals surface area (Å²) in [4.78, 5) is 10.7. The molecule has 1 radical (unpaired) electrons. The molecule has 0 saturated heterocycles. The number of phenols is 1. The van der Waals surface area contributed by atoms with Gasteiger partial charge in [0.2, 0.25) is 0 Å². The summed E-state index contributed by atoms with van der Waals surface area (Å²) in [6.07, 6.45) is 0.317. The van der Waals surface area contributed by atoms with Gasteiger partial charge in [0.05, 0.1) is 0 Å². The molecule has 0 bridgehead atoms. The van der Waals surface area contributed by atoms with Crippen molar-refractivity contribution >= 4 is 12.8 Å². The van der Waals surface area contributed by atoms with Crippen LogP contribution in [0.5, 0.6) is 11.5 Å². The van der Waals surface area contributed by atoms with Gasteiger partial charge >= 0.3 is 89.5 Å². The zero-order valence-electron chi connectivity index (χ0n) is 9.16. The second-order valence-corrected chi connectivity index (χ2v) is 8.99. The van der Waals surface area contributed by atoms with E-state index in [-0.39, 0.29) is 10.9 Å². The van der Waals surface area contributed by atoms with Crippen molar-refractivity contribution in [2.24, 2.45) is 0 Å². The molecule has 1 aliphatic rings. The summed E-state index contributed by atoms with van der Waals surface area (Å²) in [6, 6.07) is 5.94. The van der Waals surface area contributed by atoms with Crippen LogP contribution in [0.15, 0.2) is 12.1 Å². The molecule has 0 amide bonds. The summed E-state index contributed by atoms with van der Waals surface area (Å²) >= 11 is 0. The van der Waals surface area contributed by atoms with Gasteiger partial charge in [-0.3, -0.25) is 0 Å². The molecule has 15 heavy (non-hydrogen) atoms. The van der Waals surface area contributed by atoms with Crippen molar-refractivity contribution in [3.8, 4) is 11.5 Å². The van der Waals surface area contributed by atoms with E-state index in [9.17, 15) is 10.00 Å². The average molecular weight is 227 g/mol. The minimum atomic E-state index is -2.75. The average Bonchev–Trinajstić information content (AvgIpc) is 2.45. The number of aromatic hydroxyl groups is 1. The summed E-state index contributed by atoms with van der Waals surface area (Å²) in [5.41, 5.74) is 0. The maximum absolute atomic E-state index is 10.7. The number of benzene rings is 1. The monoisotopic (exact) mass is 227 g/mol. The molecular weight excluding hydrogens is 211 g/mol. The van der Waals surface area contributed by atoms with Crippen LogP contribution in [0.2, 0.25) is 0 Å². The van der Waals surface area contributed by atoms with E-state index in [1.807, 2.05) is 20.8 Å². The van der Waals surface area contributed by atoms with Crippen molar-refractivity contribution in [2.45, 2.75) is 25.9 Å². The molecule has 1 aliphatic heterocycles. The minimum absolute atomic E-state index is 0.106. The van der Waals surface area contributed by atoms with E-state index in [0.29, 0.717) is 17.4 Å². The first-order chi connectivity index (χ1) is 6.86. The summed E-state index contributed by atoms with van der Waals surface area (Å²) in [5, 5.41) is 10.2. The Hall–Kier alpha value is -0.790. The van der Waals surface area contributed by atoms with Gasteiger partial charge in [-0.25, -0.2) is 0 Å². The normalized spacial score (nSPS) is 20.5. The third-order valence-corrected chi connectivity index (χ3v) is 7.40. The SMILES string of the molecule is CC(C)(C)[PH]1(O)COc2c[c]cc(O)c21. The van der Waals surface area contributed by atoms with Crippen LogP contribution in [0.3, 0.4) is 0 Å². The fourth-order valence-corrected chi connectivity index (χ4v) is 4.58. The van der Waals surface area contributed by atoms with Crippen LogP contribution >= 0.6 is 7.49 Å². The zero-order valence-corrected chi connectivity index (χ0v) is 10.2. The topological polar surface area (TPSA) is 49.7 Å². The predicted molar refractivity (Wildman–Crippen MR) is 62.4 cm³/mol.